The summed E-state index contributed by atoms with van der Waals surface area (Å²) in [5.41, 5.74) is 9.65. The van der Waals surface area contributed by atoms with Crippen LogP contribution < -0.4 is 5.73 Å². The highest BCUT2D eigenvalue weighted by Crippen LogP contribution is 2.17. The summed E-state index contributed by atoms with van der Waals surface area (Å²) in [6, 6.07) is 6.51. The van der Waals surface area contributed by atoms with Crippen molar-refractivity contribution in [1.82, 2.24) is 0 Å². The van der Waals surface area contributed by atoms with Crippen LogP contribution in [0.2, 0.25) is 0 Å². The molecule has 0 fully saturated rings. The number of anilines is 1. The number of aryl methyl sites for hydroxylation is 2. The average molecular weight is 205 g/mol. The maximum atomic E-state index is 6.01. The fraction of sp³-hybridized carbons (Fsp3) is 0.571. The summed E-state index contributed by atoms with van der Waals surface area (Å²) in [7, 11) is 0. The maximum absolute atomic E-state index is 6.01. The molecule has 15 heavy (non-hydrogen) atoms. The Morgan fingerprint density at radius 1 is 1.07 bits per heavy atom. The number of rotatable bonds is 6. The molecule has 0 aliphatic carbocycles. The lowest BCUT2D eigenvalue weighted by Gasteiger charge is -2.07. The van der Waals surface area contributed by atoms with E-state index in [-0.39, 0.29) is 0 Å². The van der Waals surface area contributed by atoms with Crippen molar-refractivity contribution in [3.05, 3.63) is 29.3 Å². The summed E-state index contributed by atoms with van der Waals surface area (Å²) in [6.07, 6.45) is 7.43. The monoisotopic (exact) mass is 205 g/mol. The molecular formula is C14H23N. The molecule has 0 heterocycles. The first-order valence-electron chi connectivity index (χ1n) is 6.15. The fourth-order valence-corrected chi connectivity index (χ4v) is 1.83. The van der Waals surface area contributed by atoms with Crippen molar-refractivity contribution in [2.24, 2.45) is 0 Å². The molecule has 1 rings (SSSR count). The van der Waals surface area contributed by atoms with E-state index in [1.54, 1.807) is 0 Å². The molecule has 2 N–H and O–H groups in total. The lowest BCUT2D eigenvalue weighted by atomic mass is 10.0. The van der Waals surface area contributed by atoms with E-state index in [1.165, 1.54) is 36.8 Å². The SMILES string of the molecule is CCCCCCc1ccc(CC)cc1N. The van der Waals surface area contributed by atoms with Crippen LogP contribution in [0.15, 0.2) is 18.2 Å². The zero-order chi connectivity index (χ0) is 11.1. The zero-order valence-corrected chi connectivity index (χ0v) is 10.1. The minimum Gasteiger partial charge on any atom is -0.398 e. The largest absolute Gasteiger partial charge is 0.398 e. The normalized spacial score (nSPS) is 10.5. The van der Waals surface area contributed by atoms with Gasteiger partial charge in [-0.25, -0.2) is 0 Å². The van der Waals surface area contributed by atoms with E-state index in [0.29, 0.717) is 0 Å². The van der Waals surface area contributed by atoms with Crippen LogP contribution in [-0.2, 0) is 12.8 Å². The van der Waals surface area contributed by atoms with Crippen molar-refractivity contribution in [1.29, 1.82) is 0 Å². The van der Waals surface area contributed by atoms with Crippen LogP contribution in [0.3, 0.4) is 0 Å². The number of unbranched alkanes of at least 4 members (excludes halogenated alkanes) is 3. The molecule has 0 spiro atoms. The Morgan fingerprint density at radius 3 is 2.47 bits per heavy atom. The van der Waals surface area contributed by atoms with Crippen LogP contribution in [0.25, 0.3) is 0 Å². The number of hydrogen-bond donors (Lipinski definition) is 1. The number of nitrogen functional groups attached to an aromatic ring is 1. The van der Waals surface area contributed by atoms with E-state index in [2.05, 4.69) is 32.0 Å². The summed E-state index contributed by atoms with van der Waals surface area (Å²) >= 11 is 0. The third-order valence-electron chi connectivity index (χ3n) is 2.92. The molecule has 0 saturated heterocycles. The molecule has 0 radical (unpaired) electrons. The van der Waals surface area contributed by atoms with E-state index in [0.717, 1.165) is 18.5 Å². The topological polar surface area (TPSA) is 26.0 Å². The van der Waals surface area contributed by atoms with Crippen molar-refractivity contribution in [2.45, 2.75) is 52.4 Å². The molecular weight excluding hydrogens is 182 g/mol. The molecule has 84 valence electrons. The van der Waals surface area contributed by atoms with Gasteiger partial charge in [0.25, 0.3) is 0 Å². The molecule has 0 unspecified atom stereocenters. The molecule has 0 aliphatic rings. The first-order chi connectivity index (χ1) is 7.27. The highest BCUT2D eigenvalue weighted by atomic mass is 14.6. The van der Waals surface area contributed by atoms with Crippen molar-refractivity contribution in [2.75, 3.05) is 5.73 Å². The van der Waals surface area contributed by atoms with Crippen molar-refractivity contribution < 1.29 is 0 Å². The van der Waals surface area contributed by atoms with E-state index in [4.69, 9.17) is 5.73 Å². The zero-order valence-electron chi connectivity index (χ0n) is 10.1. The highest BCUT2D eigenvalue weighted by molar-refractivity contribution is 5.49. The van der Waals surface area contributed by atoms with Gasteiger partial charge >= 0.3 is 0 Å². The van der Waals surface area contributed by atoms with E-state index < -0.39 is 0 Å². The van der Waals surface area contributed by atoms with Gasteiger partial charge < -0.3 is 5.73 Å². The van der Waals surface area contributed by atoms with E-state index in [9.17, 15) is 0 Å². The van der Waals surface area contributed by atoms with Gasteiger partial charge in [0.05, 0.1) is 0 Å². The molecule has 1 aromatic carbocycles. The van der Waals surface area contributed by atoms with Gasteiger partial charge in [0, 0.05) is 5.69 Å². The lowest BCUT2D eigenvalue weighted by Crippen LogP contribution is -1.96. The molecule has 0 atom stereocenters. The molecule has 1 heteroatoms. The Balaban J connectivity index is 2.47. The quantitative estimate of drug-likeness (QED) is 0.552. The summed E-state index contributed by atoms with van der Waals surface area (Å²) in [5, 5.41) is 0. The van der Waals surface area contributed by atoms with Crippen LogP contribution >= 0.6 is 0 Å². The van der Waals surface area contributed by atoms with Crippen LogP contribution in [0.1, 0.15) is 50.7 Å². The molecule has 0 aromatic heterocycles. The minimum atomic E-state index is 0.978. The minimum absolute atomic E-state index is 0.978. The predicted molar refractivity (Wildman–Crippen MR) is 68.1 cm³/mol. The molecule has 0 saturated carbocycles. The van der Waals surface area contributed by atoms with Gasteiger partial charge in [-0.3, -0.25) is 0 Å². The second kappa shape index (κ2) is 6.49. The summed E-state index contributed by atoms with van der Waals surface area (Å²) in [5.74, 6) is 0. The summed E-state index contributed by atoms with van der Waals surface area (Å²) < 4.78 is 0. The van der Waals surface area contributed by atoms with Gasteiger partial charge in [-0.2, -0.15) is 0 Å². The second-order valence-corrected chi connectivity index (χ2v) is 4.20. The lowest BCUT2D eigenvalue weighted by molar-refractivity contribution is 0.667. The van der Waals surface area contributed by atoms with Crippen LogP contribution in [-0.4, -0.2) is 0 Å². The van der Waals surface area contributed by atoms with Gasteiger partial charge in [-0.15, -0.1) is 0 Å². The van der Waals surface area contributed by atoms with Crippen LogP contribution in [0, 0.1) is 0 Å². The number of benzene rings is 1. The molecule has 0 amide bonds. The Morgan fingerprint density at radius 2 is 1.87 bits per heavy atom. The number of nitrogens with two attached hydrogens (primary N) is 1. The van der Waals surface area contributed by atoms with Gasteiger partial charge in [0.1, 0.15) is 0 Å². The van der Waals surface area contributed by atoms with E-state index >= 15 is 0 Å². The van der Waals surface area contributed by atoms with Crippen molar-refractivity contribution in [3.8, 4) is 0 Å². The standard InChI is InChI=1S/C14H23N/c1-3-5-6-7-8-13-10-9-12(4-2)11-14(13)15/h9-11H,3-8,15H2,1-2H3. The highest BCUT2D eigenvalue weighted by Gasteiger charge is 1.99. The Hall–Kier alpha value is -0.980. The smallest absolute Gasteiger partial charge is 0.0349 e. The summed E-state index contributed by atoms with van der Waals surface area (Å²) in [4.78, 5) is 0. The first-order valence-corrected chi connectivity index (χ1v) is 6.15. The summed E-state index contributed by atoms with van der Waals surface area (Å²) in [6.45, 7) is 4.40. The molecule has 0 bridgehead atoms. The second-order valence-electron chi connectivity index (χ2n) is 4.20. The Bertz CT molecular complexity index is 291. The fourth-order valence-electron chi connectivity index (χ4n) is 1.83. The van der Waals surface area contributed by atoms with Crippen LogP contribution in [0.4, 0.5) is 5.69 Å². The van der Waals surface area contributed by atoms with E-state index in [1.807, 2.05) is 0 Å². The van der Waals surface area contributed by atoms with Crippen molar-refractivity contribution >= 4 is 5.69 Å². The van der Waals surface area contributed by atoms with Crippen LogP contribution in [0.5, 0.6) is 0 Å². The molecule has 0 aliphatic heterocycles. The Kier molecular flexibility index (Phi) is 5.23. The third kappa shape index (κ3) is 3.94. The van der Waals surface area contributed by atoms with Gasteiger partial charge in [0.15, 0.2) is 0 Å². The van der Waals surface area contributed by atoms with Gasteiger partial charge in [0.2, 0.25) is 0 Å². The van der Waals surface area contributed by atoms with Gasteiger partial charge in [-0.05, 0) is 36.5 Å². The van der Waals surface area contributed by atoms with Crippen molar-refractivity contribution in [3.63, 3.8) is 0 Å². The molecule has 1 nitrogen and oxygen atoms in total. The maximum Gasteiger partial charge on any atom is 0.0349 e. The number of hydrogen-bond acceptors (Lipinski definition) is 1. The molecule has 1 aromatic rings. The van der Waals surface area contributed by atoms with Gasteiger partial charge in [-0.1, -0.05) is 45.2 Å². The third-order valence-corrected chi connectivity index (χ3v) is 2.92. The predicted octanol–water partition coefficient (Wildman–Crippen LogP) is 3.95. The Labute approximate surface area is 93.7 Å². The first kappa shape index (κ1) is 12.1. The average Bonchev–Trinajstić information content (AvgIpc) is 2.26.